The SMILES string of the molecule is CCN(CC)CCNCCSc1ncn[nH]1. The average molecular weight is 243 g/mol. The lowest BCUT2D eigenvalue weighted by atomic mass is 10.4. The molecule has 16 heavy (non-hydrogen) atoms. The van der Waals surface area contributed by atoms with Gasteiger partial charge in [0.2, 0.25) is 0 Å². The number of aromatic nitrogens is 3. The maximum Gasteiger partial charge on any atom is 0.183 e. The Balaban J connectivity index is 1.92. The molecule has 92 valence electrons. The second-order valence-corrected chi connectivity index (χ2v) is 4.50. The van der Waals surface area contributed by atoms with Crippen LogP contribution in [0.2, 0.25) is 0 Å². The minimum absolute atomic E-state index is 0.894. The van der Waals surface area contributed by atoms with Crippen LogP contribution >= 0.6 is 11.8 Å². The van der Waals surface area contributed by atoms with Gasteiger partial charge in [-0.3, -0.25) is 5.10 Å². The fraction of sp³-hybridized carbons (Fsp3) is 0.800. The molecule has 1 rings (SSSR count). The van der Waals surface area contributed by atoms with Crippen molar-refractivity contribution in [1.29, 1.82) is 0 Å². The van der Waals surface area contributed by atoms with Crippen LogP contribution in [0.4, 0.5) is 0 Å². The van der Waals surface area contributed by atoms with Crippen molar-refractivity contribution in [3.63, 3.8) is 0 Å². The van der Waals surface area contributed by atoms with E-state index >= 15 is 0 Å². The highest BCUT2D eigenvalue weighted by Gasteiger charge is 1.98. The summed E-state index contributed by atoms with van der Waals surface area (Å²) in [6.07, 6.45) is 1.54. The van der Waals surface area contributed by atoms with E-state index in [9.17, 15) is 0 Å². The number of thioether (sulfide) groups is 1. The van der Waals surface area contributed by atoms with E-state index in [0.29, 0.717) is 0 Å². The first-order valence-corrected chi connectivity index (χ1v) is 6.76. The Morgan fingerprint density at radius 2 is 2.19 bits per heavy atom. The predicted molar refractivity (Wildman–Crippen MR) is 67.8 cm³/mol. The predicted octanol–water partition coefficient (Wildman–Crippen LogP) is 0.828. The Morgan fingerprint density at radius 1 is 1.38 bits per heavy atom. The molecular weight excluding hydrogens is 222 g/mol. The lowest BCUT2D eigenvalue weighted by Gasteiger charge is -2.17. The van der Waals surface area contributed by atoms with Gasteiger partial charge in [-0.1, -0.05) is 25.6 Å². The number of nitrogens with zero attached hydrogens (tertiary/aromatic N) is 3. The molecule has 2 N–H and O–H groups in total. The van der Waals surface area contributed by atoms with Crippen molar-refractivity contribution < 1.29 is 0 Å². The second-order valence-electron chi connectivity index (χ2n) is 3.42. The normalized spacial score (nSPS) is 11.2. The Hall–Kier alpha value is -0.590. The highest BCUT2D eigenvalue weighted by atomic mass is 32.2. The van der Waals surface area contributed by atoms with Crippen molar-refractivity contribution in [3.05, 3.63) is 6.33 Å². The highest BCUT2D eigenvalue weighted by Crippen LogP contribution is 2.08. The van der Waals surface area contributed by atoms with Crippen LogP contribution in [-0.4, -0.2) is 58.6 Å². The van der Waals surface area contributed by atoms with E-state index in [1.165, 1.54) is 6.33 Å². The van der Waals surface area contributed by atoms with Gasteiger partial charge >= 0.3 is 0 Å². The molecule has 0 radical (unpaired) electrons. The number of likely N-dealkylation sites (N-methyl/N-ethyl adjacent to an activating group) is 1. The molecule has 0 atom stereocenters. The van der Waals surface area contributed by atoms with Gasteiger partial charge in [-0.05, 0) is 13.1 Å². The lowest BCUT2D eigenvalue weighted by Crippen LogP contribution is -2.32. The Kier molecular flexibility index (Phi) is 7.20. The third-order valence-electron chi connectivity index (χ3n) is 2.41. The minimum atomic E-state index is 0.894. The molecule has 0 aliphatic carbocycles. The van der Waals surface area contributed by atoms with E-state index in [1.54, 1.807) is 11.8 Å². The third kappa shape index (κ3) is 5.48. The maximum absolute atomic E-state index is 4.05. The summed E-state index contributed by atoms with van der Waals surface area (Å²) in [6, 6.07) is 0. The van der Waals surface area contributed by atoms with Gasteiger partial charge in [-0.2, -0.15) is 5.10 Å². The topological polar surface area (TPSA) is 56.8 Å². The first kappa shape index (κ1) is 13.5. The van der Waals surface area contributed by atoms with Crippen LogP contribution in [0.15, 0.2) is 11.5 Å². The van der Waals surface area contributed by atoms with Gasteiger partial charge in [0.1, 0.15) is 6.33 Å². The monoisotopic (exact) mass is 243 g/mol. The molecule has 0 fully saturated rings. The van der Waals surface area contributed by atoms with Crippen LogP contribution in [0.3, 0.4) is 0 Å². The van der Waals surface area contributed by atoms with Crippen LogP contribution < -0.4 is 5.32 Å². The van der Waals surface area contributed by atoms with Gasteiger partial charge in [0, 0.05) is 25.4 Å². The fourth-order valence-electron chi connectivity index (χ4n) is 1.39. The Morgan fingerprint density at radius 3 is 2.81 bits per heavy atom. The summed E-state index contributed by atoms with van der Waals surface area (Å²) in [7, 11) is 0. The van der Waals surface area contributed by atoms with Crippen LogP contribution in [0.1, 0.15) is 13.8 Å². The molecule has 0 amide bonds. The van der Waals surface area contributed by atoms with E-state index in [-0.39, 0.29) is 0 Å². The van der Waals surface area contributed by atoms with Crippen molar-refractivity contribution in [2.45, 2.75) is 19.0 Å². The number of hydrogen-bond acceptors (Lipinski definition) is 5. The summed E-state index contributed by atoms with van der Waals surface area (Å²) in [5, 5.41) is 10.9. The molecule has 5 nitrogen and oxygen atoms in total. The van der Waals surface area contributed by atoms with Gasteiger partial charge in [0.15, 0.2) is 5.16 Å². The molecule has 6 heteroatoms. The zero-order chi connectivity index (χ0) is 11.6. The van der Waals surface area contributed by atoms with Gasteiger partial charge in [0.25, 0.3) is 0 Å². The highest BCUT2D eigenvalue weighted by molar-refractivity contribution is 7.99. The van der Waals surface area contributed by atoms with Crippen molar-refractivity contribution in [3.8, 4) is 0 Å². The fourth-order valence-corrected chi connectivity index (χ4v) is 2.06. The Bertz CT molecular complexity index is 248. The van der Waals surface area contributed by atoms with Crippen molar-refractivity contribution in [2.75, 3.05) is 38.5 Å². The van der Waals surface area contributed by atoms with Crippen LogP contribution in [0.25, 0.3) is 0 Å². The minimum Gasteiger partial charge on any atom is -0.315 e. The van der Waals surface area contributed by atoms with Gasteiger partial charge < -0.3 is 10.2 Å². The first-order chi connectivity index (χ1) is 7.86. The average Bonchev–Trinajstić information content (AvgIpc) is 2.81. The van der Waals surface area contributed by atoms with E-state index in [2.05, 4.69) is 39.2 Å². The molecule has 0 aromatic carbocycles. The van der Waals surface area contributed by atoms with E-state index in [0.717, 1.165) is 43.6 Å². The smallest absolute Gasteiger partial charge is 0.183 e. The molecule has 0 aliphatic heterocycles. The molecule has 0 saturated heterocycles. The quantitative estimate of drug-likeness (QED) is 0.497. The Labute approximate surface area is 101 Å². The number of rotatable bonds is 9. The zero-order valence-electron chi connectivity index (χ0n) is 10.1. The summed E-state index contributed by atoms with van der Waals surface area (Å²) in [6.45, 7) is 9.84. The maximum atomic E-state index is 4.05. The summed E-state index contributed by atoms with van der Waals surface area (Å²) >= 11 is 1.69. The van der Waals surface area contributed by atoms with E-state index in [4.69, 9.17) is 0 Å². The third-order valence-corrected chi connectivity index (χ3v) is 3.29. The van der Waals surface area contributed by atoms with Gasteiger partial charge in [-0.15, -0.1) is 0 Å². The van der Waals surface area contributed by atoms with Gasteiger partial charge in [0.05, 0.1) is 0 Å². The number of hydrogen-bond donors (Lipinski definition) is 2. The standard InChI is InChI=1S/C10H21N5S/c1-3-15(4-2)7-5-11-6-8-16-10-12-9-13-14-10/h9,11H,3-8H2,1-2H3,(H,12,13,14). The van der Waals surface area contributed by atoms with Crippen LogP contribution in [0.5, 0.6) is 0 Å². The first-order valence-electron chi connectivity index (χ1n) is 5.78. The van der Waals surface area contributed by atoms with E-state index < -0.39 is 0 Å². The number of aromatic amines is 1. The molecule has 1 aromatic heterocycles. The molecule has 0 unspecified atom stereocenters. The van der Waals surface area contributed by atoms with Crippen molar-refractivity contribution >= 4 is 11.8 Å². The van der Waals surface area contributed by atoms with E-state index in [1.807, 2.05) is 0 Å². The van der Waals surface area contributed by atoms with Gasteiger partial charge in [-0.25, -0.2) is 4.98 Å². The molecule has 1 heterocycles. The second kappa shape index (κ2) is 8.55. The van der Waals surface area contributed by atoms with Crippen LogP contribution in [0, 0.1) is 0 Å². The summed E-state index contributed by atoms with van der Waals surface area (Å²) in [5.74, 6) is 1.02. The number of H-pyrrole nitrogens is 1. The number of nitrogens with one attached hydrogen (secondary N) is 2. The largest absolute Gasteiger partial charge is 0.315 e. The molecule has 0 bridgehead atoms. The zero-order valence-corrected chi connectivity index (χ0v) is 10.9. The lowest BCUT2D eigenvalue weighted by molar-refractivity contribution is 0.303. The van der Waals surface area contributed by atoms with Crippen molar-refractivity contribution in [1.82, 2.24) is 25.4 Å². The summed E-state index contributed by atoms with van der Waals surface area (Å²) < 4.78 is 0. The summed E-state index contributed by atoms with van der Waals surface area (Å²) in [4.78, 5) is 6.46. The van der Waals surface area contributed by atoms with Crippen molar-refractivity contribution in [2.24, 2.45) is 0 Å². The molecule has 0 aliphatic rings. The molecular formula is C10H21N5S. The molecule has 0 spiro atoms. The molecule has 1 aromatic rings. The summed E-state index contributed by atoms with van der Waals surface area (Å²) in [5.41, 5.74) is 0. The molecule has 0 saturated carbocycles. The van der Waals surface area contributed by atoms with Crippen LogP contribution in [-0.2, 0) is 0 Å².